The highest BCUT2D eigenvalue weighted by atomic mass is 14.1. The van der Waals surface area contributed by atoms with Crippen molar-refractivity contribution in [3.8, 4) is 33.4 Å². The summed E-state index contributed by atoms with van der Waals surface area (Å²) in [6.45, 7) is 4.40. The van der Waals surface area contributed by atoms with Gasteiger partial charge >= 0.3 is 0 Å². The summed E-state index contributed by atoms with van der Waals surface area (Å²) in [5.74, 6) is 0. The van der Waals surface area contributed by atoms with Crippen LogP contribution in [0.5, 0.6) is 0 Å². The smallest absolute Gasteiger partial charge is 0.0152 e. The van der Waals surface area contributed by atoms with Crippen molar-refractivity contribution in [3.63, 3.8) is 0 Å². The molecule has 4 aromatic carbocycles. The van der Waals surface area contributed by atoms with Crippen molar-refractivity contribution in [2.24, 2.45) is 0 Å². The maximum Gasteiger partial charge on any atom is -0.0152 e. The van der Waals surface area contributed by atoms with Crippen molar-refractivity contribution in [2.75, 3.05) is 0 Å². The van der Waals surface area contributed by atoms with E-state index in [1.54, 1.807) is 0 Å². The molecule has 0 saturated carbocycles. The molecule has 0 saturated heterocycles. The lowest BCUT2D eigenvalue weighted by Crippen LogP contribution is -1.89. The van der Waals surface area contributed by atoms with Crippen molar-refractivity contribution in [2.45, 2.75) is 13.8 Å². The Morgan fingerprint density at radius 2 is 0.769 bits per heavy atom. The predicted molar refractivity (Wildman–Crippen MR) is 112 cm³/mol. The third kappa shape index (κ3) is 3.19. The summed E-state index contributed by atoms with van der Waals surface area (Å²) in [5, 5.41) is 0. The molecule has 0 aliphatic rings. The van der Waals surface area contributed by atoms with E-state index >= 15 is 0 Å². The van der Waals surface area contributed by atoms with Gasteiger partial charge in [0.25, 0.3) is 0 Å². The van der Waals surface area contributed by atoms with E-state index in [-0.39, 0.29) is 0 Å². The summed E-state index contributed by atoms with van der Waals surface area (Å²) in [7, 11) is 0. The Kier molecular flexibility index (Phi) is 4.41. The summed E-state index contributed by atoms with van der Waals surface area (Å²) in [6, 6.07) is 34.6. The van der Waals surface area contributed by atoms with E-state index in [0.29, 0.717) is 0 Å². The van der Waals surface area contributed by atoms with Crippen molar-refractivity contribution in [1.82, 2.24) is 0 Å². The minimum Gasteiger partial charge on any atom is -0.0622 e. The third-order valence-corrected chi connectivity index (χ3v) is 4.96. The highest BCUT2D eigenvalue weighted by molar-refractivity contribution is 5.78. The molecule has 0 aliphatic heterocycles. The van der Waals surface area contributed by atoms with Gasteiger partial charge in [-0.1, -0.05) is 97.1 Å². The molecule has 126 valence electrons. The van der Waals surface area contributed by atoms with Crippen LogP contribution in [0.2, 0.25) is 0 Å². The number of hydrogen-bond acceptors (Lipinski definition) is 0. The van der Waals surface area contributed by atoms with Gasteiger partial charge in [0.05, 0.1) is 0 Å². The molecule has 0 fully saturated rings. The van der Waals surface area contributed by atoms with Crippen LogP contribution in [-0.4, -0.2) is 0 Å². The first kappa shape index (κ1) is 16.4. The predicted octanol–water partition coefficient (Wildman–Crippen LogP) is 7.30. The summed E-state index contributed by atoms with van der Waals surface area (Å²) in [5.41, 5.74) is 10.3. The van der Waals surface area contributed by atoms with E-state index in [0.717, 1.165) is 0 Å². The summed E-state index contributed by atoms with van der Waals surface area (Å²) < 4.78 is 0. The fraction of sp³-hybridized carbons (Fsp3) is 0.0769. The molecule has 0 atom stereocenters. The Labute approximate surface area is 155 Å². The molecule has 4 aromatic rings. The lowest BCUT2D eigenvalue weighted by Gasteiger charge is -2.13. The molecule has 0 aliphatic carbocycles. The van der Waals surface area contributed by atoms with E-state index in [1.165, 1.54) is 44.5 Å². The zero-order chi connectivity index (χ0) is 17.9. The van der Waals surface area contributed by atoms with Crippen LogP contribution in [-0.2, 0) is 0 Å². The van der Waals surface area contributed by atoms with Gasteiger partial charge in [-0.2, -0.15) is 0 Å². The minimum absolute atomic E-state index is 1.26. The molecule has 0 aromatic heterocycles. The van der Waals surface area contributed by atoms with E-state index in [9.17, 15) is 0 Å². The van der Waals surface area contributed by atoms with Gasteiger partial charge < -0.3 is 0 Å². The lowest BCUT2D eigenvalue weighted by atomic mass is 9.91. The molecule has 0 radical (unpaired) electrons. The Hall–Kier alpha value is -3.12. The second-order valence-corrected chi connectivity index (χ2v) is 6.79. The molecule has 0 bridgehead atoms. The standard InChI is InChI=1S/C26H22/c1-19-17-23(21-9-5-3-6-10-21)13-15-25(19)26-16-14-24(18-20(26)2)22-11-7-4-8-12-22/h3-18H,1-2H3. The van der Waals surface area contributed by atoms with Gasteiger partial charge in [0.15, 0.2) is 0 Å². The van der Waals surface area contributed by atoms with E-state index in [1.807, 2.05) is 0 Å². The van der Waals surface area contributed by atoms with Gasteiger partial charge in [-0.3, -0.25) is 0 Å². The van der Waals surface area contributed by atoms with Gasteiger partial charge in [0, 0.05) is 0 Å². The lowest BCUT2D eigenvalue weighted by molar-refractivity contribution is 1.40. The Morgan fingerprint density at radius 1 is 0.385 bits per heavy atom. The van der Waals surface area contributed by atoms with E-state index < -0.39 is 0 Å². The zero-order valence-corrected chi connectivity index (χ0v) is 15.2. The van der Waals surface area contributed by atoms with Crippen LogP contribution >= 0.6 is 0 Å². The van der Waals surface area contributed by atoms with Gasteiger partial charge in [0.1, 0.15) is 0 Å². The molecule has 0 unspecified atom stereocenters. The molecule has 0 amide bonds. The van der Waals surface area contributed by atoms with Crippen molar-refractivity contribution in [1.29, 1.82) is 0 Å². The van der Waals surface area contributed by atoms with Crippen LogP contribution in [0.15, 0.2) is 97.1 Å². The van der Waals surface area contributed by atoms with Gasteiger partial charge in [-0.25, -0.2) is 0 Å². The van der Waals surface area contributed by atoms with Gasteiger partial charge in [-0.05, 0) is 58.4 Å². The van der Waals surface area contributed by atoms with Crippen molar-refractivity contribution in [3.05, 3.63) is 108 Å². The number of benzene rings is 4. The fourth-order valence-corrected chi connectivity index (χ4v) is 3.55. The summed E-state index contributed by atoms with van der Waals surface area (Å²) in [6.07, 6.45) is 0. The molecule has 26 heavy (non-hydrogen) atoms. The fourth-order valence-electron chi connectivity index (χ4n) is 3.55. The van der Waals surface area contributed by atoms with Crippen molar-refractivity contribution < 1.29 is 0 Å². The average Bonchev–Trinajstić information content (AvgIpc) is 2.69. The first-order chi connectivity index (χ1) is 12.7. The number of hydrogen-bond donors (Lipinski definition) is 0. The molecule has 4 rings (SSSR count). The molecule has 0 spiro atoms. The second-order valence-electron chi connectivity index (χ2n) is 6.79. The first-order valence-corrected chi connectivity index (χ1v) is 9.05. The highest BCUT2D eigenvalue weighted by Crippen LogP contribution is 2.32. The van der Waals surface area contributed by atoms with E-state index in [2.05, 4.69) is 111 Å². The summed E-state index contributed by atoms with van der Waals surface area (Å²) in [4.78, 5) is 0. The van der Waals surface area contributed by atoms with Crippen LogP contribution in [0.4, 0.5) is 0 Å². The van der Waals surface area contributed by atoms with Crippen LogP contribution < -0.4 is 0 Å². The Balaban J connectivity index is 1.72. The largest absolute Gasteiger partial charge is 0.0622 e. The molecule has 0 heteroatoms. The Bertz CT molecular complexity index is 941. The maximum atomic E-state index is 2.29. The minimum atomic E-state index is 1.26. The quantitative estimate of drug-likeness (QED) is 0.368. The monoisotopic (exact) mass is 334 g/mol. The number of rotatable bonds is 3. The van der Waals surface area contributed by atoms with Gasteiger partial charge in [0.2, 0.25) is 0 Å². The molecule has 0 heterocycles. The van der Waals surface area contributed by atoms with Crippen LogP contribution in [0.3, 0.4) is 0 Å². The number of aryl methyl sites for hydroxylation is 2. The third-order valence-electron chi connectivity index (χ3n) is 4.96. The highest BCUT2D eigenvalue weighted by Gasteiger charge is 2.08. The first-order valence-electron chi connectivity index (χ1n) is 9.05. The topological polar surface area (TPSA) is 0 Å². The maximum absolute atomic E-state index is 2.29. The molecular formula is C26H22. The SMILES string of the molecule is Cc1cc(-c2ccccc2)ccc1-c1ccc(-c2ccccc2)cc1C. The second kappa shape index (κ2) is 7.01. The van der Waals surface area contributed by atoms with Crippen LogP contribution in [0, 0.1) is 13.8 Å². The van der Waals surface area contributed by atoms with Crippen LogP contribution in [0.1, 0.15) is 11.1 Å². The van der Waals surface area contributed by atoms with Gasteiger partial charge in [-0.15, -0.1) is 0 Å². The average molecular weight is 334 g/mol. The molecule has 0 nitrogen and oxygen atoms in total. The van der Waals surface area contributed by atoms with Crippen molar-refractivity contribution >= 4 is 0 Å². The van der Waals surface area contributed by atoms with Crippen LogP contribution in [0.25, 0.3) is 33.4 Å². The summed E-state index contributed by atoms with van der Waals surface area (Å²) >= 11 is 0. The Morgan fingerprint density at radius 3 is 1.12 bits per heavy atom. The van der Waals surface area contributed by atoms with E-state index in [4.69, 9.17) is 0 Å². The normalized spacial score (nSPS) is 10.7. The molecule has 0 N–H and O–H groups in total. The molecular weight excluding hydrogens is 312 g/mol. The zero-order valence-electron chi connectivity index (χ0n) is 15.2.